The van der Waals surface area contributed by atoms with Gasteiger partial charge in [0.2, 0.25) is 0 Å². The number of para-hydroxylation sites is 6. The van der Waals surface area contributed by atoms with E-state index < -0.39 is 0 Å². The Morgan fingerprint density at radius 2 is 0.746 bits per heavy atom. The van der Waals surface area contributed by atoms with Crippen molar-refractivity contribution in [1.29, 1.82) is 0 Å². The average Bonchev–Trinajstić information content (AvgIpc) is 3.36. The molecule has 2 aliphatic heterocycles. The zero-order chi connectivity index (χ0) is 41.7. The molecule has 0 saturated carbocycles. The lowest BCUT2D eigenvalue weighted by Crippen LogP contribution is -2.24. The van der Waals surface area contributed by atoms with Crippen molar-refractivity contribution in [3.63, 3.8) is 0 Å². The first-order chi connectivity index (χ1) is 31.3. The van der Waals surface area contributed by atoms with Gasteiger partial charge in [-0.2, -0.15) is 0 Å². The molecule has 0 fully saturated rings. The van der Waals surface area contributed by atoms with Gasteiger partial charge in [0, 0.05) is 43.6 Å². The molecule has 12 rings (SSSR count). The molecule has 10 aromatic rings. The van der Waals surface area contributed by atoms with Crippen molar-refractivity contribution >= 4 is 90.8 Å². The molecule has 298 valence electrons. The maximum atomic E-state index is 2.40. The Kier molecular flexibility index (Phi) is 9.05. The van der Waals surface area contributed by atoms with E-state index in [0.29, 0.717) is 0 Å². The van der Waals surface area contributed by atoms with Gasteiger partial charge in [-0.05, 0) is 132 Å². The third-order valence-electron chi connectivity index (χ3n) is 12.1. The van der Waals surface area contributed by atoms with Gasteiger partial charge >= 0.3 is 0 Å². The SMILES string of the molecule is c1ccc(N2c3ccccc3N(c3ccccc3)c3cc(-c4ccc(N(c5ccc(N6c7ccccc7Sc7ccccc76)cc5)c5cccc6ccccc56)cc4)ccc32)cc1. The van der Waals surface area contributed by atoms with Crippen LogP contribution in [0.2, 0.25) is 0 Å². The van der Waals surface area contributed by atoms with E-state index in [1.165, 1.54) is 31.9 Å². The van der Waals surface area contributed by atoms with Gasteiger partial charge in [-0.15, -0.1) is 0 Å². The molecule has 2 heterocycles. The van der Waals surface area contributed by atoms with Gasteiger partial charge in [0.1, 0.15) is 0 Å². The molecule has 0 aliphatic carbocycles. The summed E-state index contributed by atoms with van der Waals surface area (Å²) in [5.41, 5.74) is 15.9. The second kappa shape index (κ2) is 15.5. The number of anilines is 12. The lowest BCUT2D eigenvalue weighted by Gasteiger charge is -2.40. The molecule has 0 N–H and O–H groups in total. The van der Waals surface area contributed by atoms with Crippen molar-refractivity contribution < 1.29 is 0 Å². The van der Waals surface area contributed by atoms with E-state index in [-0.39, 0.29) is 0 Å². The number of fused-ring (bicyclic) bond motifs is 5. The lowest BCUT2D eigenvalue weighted by atomic mass is 9.99. The topological polar surface area (TPSA) is 13.0 Å². The standard InChI is InChI=1S/C58H40N4S/c1-3-18-44(19-4-1)60-51-23-9-10-24-52(51)61(45-20-5-2-6-21-45)56-40-43(32-39-53(56)60)41-30-33-46(34-31-41)59(50-27-15-17-42-16-7-8-22-49(42)50)47-35-37-48(38-36-47)62-54-25-11-13-28-57(54)63-58-29-14-12-26-55(58)62/h1-40H. The second-order valence-electron chi connectivity index (χ2n) is 15.8. The quantitative estimate of drug-likeness (QED) is 0.158. The summed E-state index contributed by atoms with van der Waals surface area (Å²) in [5.74, 6) is 0. The minimum atomic E-state index is 1.08. The summed E-state index contributed by atoms with van der Waals surface area (Å²) in [4.78, 5) is 12.1. The Labute approximate surface area is 372 Å². The molecule has 5 heteroatoms. The molecule has 0 bridgehead atoms. The largest absolute Gasteiger partial charge is 0.310 e. The summed E-state index contributed by atoms with van der Waals surface area (Å²) < 4.78 is 0. The van der Waals surface area contributed by atoms with Crippen molar-refractivity contribution in [2.75, 3.05) is 19.6 Å². The zero-order valence-corrected chi connectivity index (χ0v) is 35.1. The molecular weight excluding hydrogens is 785 g/mol. The van der Waals surface area contributed by atoms with Crippen LogP contribution < -0.4 is 19.6 Å². The third-order valence-corrected chi connectivity index (χ3v) is 13.2. The van der Waals surface area contributed by atoms with E-state index in [2.05, 4.69) is 262 Å². The molecule has 0 atom stereocenters. The Bertz CT molecular complexity index is 3230. The second-order valence-corrected chi connectivity index (χ2v) is 16.9. The van der Waals surface area contributed by atoms with Gasteiger partial charge in [0.25, 0.3) is 0 Å². The third kappa shape index (κ3) is 6.41. The van der Waals surface area contributed by atoms with E-state index in [0.717, 1.165) is 68.0 Å². The fourth-order valence-electron chi connectivity index (χ4n) is 9.25. The minimum absolute atomic E-state index is 1.08. The van der Waals surface area contributed by atoms with Gasteiger partial charge in [0.05, 0.1) is 39.8 Å². The van der Waals surface area contributed by atoms with Crippen LogP contribution >= 0.6 is 11.8 Å². The Balaban J connectivity index is 0.957. The Morgan fingerprint density at radius 1 is 0.302 bits per heavy atom. The van der Waals surface area contributed by atoms with Crippen LogP contribution in [0.3, 0.4) is 0 Å². The number of nitrogens with zero attached hydrogens (tertiary/aromatic N) is 4. The highest BCUT2D eigenvalue weighted by Gasteiger charge is 2.31. The predicted molar refractivity (Wildman–Crippen MR) is 266 cm³/mol. The summed E-state index contributed by atoms with van der Waals surface area (Å²) in [7, 11) is 0. The maximum absolute atomic E-state index is 2.40. The first kappa shape index (κ1) is 36.8. The monoisotopic (exact) mass is 824 g/mol. The molecule has 0 amide bonds. The number of benzene rings is 10. The van der Waals surface area contributed by atoms with Gasteiger partial charge in [-0.25, -0.2) is 0 Å². The molecule has 63 heavy (non-hydrogen) atoms. The van der Waals surface area contributed by atoms with Gasteiger partial charge in [0.15, 0.2) is 0 Å². The van der Waals surface area contributed by atoms with E-state index in [1.54, 1.807) is 0 Å². The molecule has 0 radical (unpaired) electrons. The van der Waals surface area contributed by atoms with Crippen molar-refractivity contribution in [1.82, 2.24) is 0 Å². The summed E-state index contributed by atoms with van der Waals surface area (Å²) >= 11 is 1.83. The number of hydrogen-bond donors (Lipinski definition) is 0. The molecule has 0 aromatic heterocycles. The summed E-state index contributed by atoms with van der Waals surface area (Å²) in [6.07, 6.45) is 0. The van der Waals surface area contributed by atoms with Crippen molar-refractivity contribution in [3.8, 4) is 11.1 Å². The molecular formula is C58H40N4S. The number of hydrogen-bond acceptors (Lipinski definition) is 5. The van der Waals surface area contributed by atoms with E-state index in [9.17, 15) is 0 Å². The maximum Gasteiger partial charge on any atom is 0.0709 e. The molecule has 2 aliphatic rings. The van der Waals surface area contributed by atoms with Crippen LogP contribution in [0, 0.1) is 0 Å². The van der Waals surface area contributed by atoms with Gasteiger partial charge in [-0.3, -0.25) is 0 Å². The first-order valence-electron chi connectivity index (χ1n) is 21.3. The highest BCUT2D eigenvalue weighted by molar-refractivity contribution is 7.99. The molecule has 0 spiro atoms. The van der Waals surface area contributed by atoms with E-state index in [4.69, 9.17) is 0 Å². The lowest BCUT2D eigenvalue weighted by molar-refractivity contribution is 1.16. The summed E-state index contributed by atoms with van der Waals surface area (Å²) in [6, 6.07) is 87.6. The average molecular weight is 825 g/mol. The Morgan fingerprint density at radius 3 is 1.38 bits per heavy atom. The fraction of sp³-hybridized carbons (Fsp3) is 0. The molecule has 0 unspecified atom stereocenters. The predicted octanol–water partition coefficient (Wildman–Crippen LogP) is 17.2. The summed E-state index contributed by atoms with van der Waals surface area (Å²) in [6.45, 7) is 0. The smallest absolute Gasteiger partial charge is 0.0709 e. The van der Waals surface area contributed by atoms with Crippen LogP contribution in [0.5, 0.6) is 0 Å². The fourth-order valence-corrected chi connectivity index (χ4v) is 10.3. The van der Waals surface area contributed by atoms with Crippen LogP contribution in [-0.4, -0.2) is 0 Å². The van der Waals surface area contributed by atoms with Crippen LogP contribution in [0.1, 0.15) is 0 Å². The highest BCUT2D eigenvalue weighted by atomic mass is 32.2. The van der Waals surface area contributed by atoms with Gasteiger partial charge < -0.3 is 19.6 Å². The van der Waals surface area contributed by atoms with Crippen LogP contribution in [0.4, 0.5) is 68.2 Å². The van der Waals surface area contributed by atoms with Crippen molar-refractivity contribution in [2.24, 2.45) is 0 Å². The number of rotatable bonds is 7. The van der Waals surface area contributed by atoms with Crippen molar-refractivity contribution in [2.45, 2.75) is 9.79 Å². The van der Waals surface area contributed by atoms with E-state index in [1.807, 2.05) is 11.8 Å². The van der Waals surface area contributed by atoms with Crippen LogP contribution in [0.15, 0.2) is 252 Å². The zero-order valence-electron chi connectivity index (χ0n) is 34.3. The summed E-state index contributed by atoms with van der Waals surface area (Å²) in [5, 5.41) is 2.40. The van der Waals surface area contributed by atoms with Crippen LogP contribution in [0.25, 0.3) is 21.9 Å². The van der Waals surface area contributed by atoms with Gasteiger partial charge in [-0.1, -0.05) is 139 Å². The van der Waals surface area contributed by atoms with E-state index >= 15 is 0 Å². The molecule has 10 aromatic carbocycles. The van der Waals surface area contributed by atoms with Crippen LogP contribution in [-0.2, 0) is 0 Å². The first-order valence-corrected chi connectivity index (χ1v) is 22.2. The normalized spacial score (nSPS) is 12.6. The van der Waals surface area contributed by atoms with Crippen molar-refractivity contribution in [3.05, 3.63) is 243 Å². The minimum Gasteiger partial charge on any atom is -0.310 e. The molecule has 4 nitrogen and oxygen atoms in total. The Hall–Kier alpha value is -7.99. The molecule has 0 saturated heterocycles. The highest BCUT2D eigenvalue weighted by Crippen LogP contribution is 2.55.